The van der Waals surface area contributed by atoms with E-state index in [1.54, 1.807) is 9.80 Å². The minimum absolute atomic E-state index is 0.801. The molecule has 1 aliphatic heterocycles. The first-order chi connectivity index (χ1) is 8.16. The van der Waals surface area contributed by atoms with Crippen LogP contribution in [0.3, 0.4) is 0 Å². The maximum absolute atomic E-state index is 6.21. The molecule has 0 saturated carbocycles. The van der Waals surface area contributed by atoms with Gasteiger partial charge < -0.3 is 9.80 Å². The summed E-state index contributed by atoms with van der Waals surface area (Å²) in [6.07, 6.45) is 2.67. The summed E-state index contributed by atoms with van der Waals surface area (Å²) in [5.41, 5.74) is 1.28. The number of benzene rings is 1. The molecule has 1 aromatic carbocycles. The SMILES string of the molecule is C[NH+]1CCC([NH+](C)Cc2ccccc2Cl)CC1. The molecule has 1 aliphatic rings. The second-order valence-electron chi connectivity index (χ2n) is 5.35. The smallest absolute Gasteiger partial charge is 0.104 e. The minimum Gasteiger partial charge on any atom is -0.337 e. The molecule has 1 saturated heterocycles. The zero-order chi connectivity index (χ0) is 12.3. The van der Waals surface area contributed by atoms with Gasteiger partial charge in [0.2, 0.25) is 0 Å². The summed E-state index contributed by atoms with van der Waals surface area (Å²) >= 11 is 6.21. The van der Waals surface area contributed by atoms with E-state index in [1.807, 2.05) is 12.1 Å². The van der Waals surface area contributed by atoms with Gasteiger partial charge in [-0.1, -0.05) is 29.8 Å². The number of quaternary nitrogens is 2. The third-order valence-corrected chi connectivity index (χ3v) is 4.33. The lowest BCUT2D eigenvalue weighted by atomic mass is 10.0. The Bertz CT molecular complexity index is 359. The Morgan fingerprint density at radius 3 is 2.59 bits per heavy atom. The van der Waals surface area contributed by atoms with Crippen LogP contribution in [0.15, 0.2) is 24.3 Å². The quantitative estimate of drug-likeness (QED) is 0.754. The summed E-state index contributed by atoms with van der Waals surface area (Å²) in [6, 6.07) is 9.01. The number of halogens is 1. The molecule has 94 valence electrons. The van der Waals surface area contributed by atoms with Crippen LogP contribution in [0.1, 0.15) is 18.4 Å². The first-order valence-electron chi connectivity index (χ1n) is 6.54. The maximum Gasteiger partial charge on any atom is 0.104 e. The number of hydrogen-bond acceptors (Lipinski definition) is 0. The van der Waals surface area contributed by atoms with Crippen LogP contribution in [0.2, 0.25) is 5.02 Å². The van der Waals surface area contributed by atoms with Crippen LogP contribution >= 0.6 is 11.6 Å². The van der Waals surface area contributed by atoms with Gasteiger partial charge in [-0.05, 0) is 6.07 Å². The fraction of sp³-hybridized carbons (Fsp3) is 0.571. The zero-order valence-electron chi connectivity index (χ0n) is 10.8. The van der Waals surface area contributed by atoms with E-state index in [1.165, 1.54) is 31.5 Å². The van der Waals surface area contributed by atoms with E-state index in [2.05, 4.69) is 26.2 Å². The average molecular weight is 255 g/mol. The van der Waals surface area contributed by atoms with Gasteiger partial charge in [0.15, 0.2) is 0 Å². The molecule has 1 atom stereocenters. The summed E-state index contributed by atoms with van der Waals surface area (Å²) in [7, 11) is 4.59. The van der Waals surface area contributed by atoms with E-state index in [-0.39, 0.29) is 0 Å². The van der Waals surface area contributed by atoms with Crippen LogP contribution in [0.5, 0.6) is 0 Å². The normalized spacial score (nSPS) is 26.8. The van der Waals surface area contributed by atoms with Crippen LogP contribution in [-0.4, -0.2) is 33.2 Å². The van der Waals surface area contributed by atoms with Crippen LogP contribution in [0.25, 0.3) is 0 Å². The molecule has 3 heteroatoms. The van der Waals surface area contributed by atoms with E-state index in [0.29, 0.717) is 0 Å². The average Bonchev–Trinajstić information content (AvgIpc) is 2.33. The van der Waals surface area contributed by atoms with Crippen molar-refractivity contribution in [3.05, 3.63) is 34.9 Å². The van der Waals surface area contributed by atoms with E-state index in [0.717, 1.165) is 17.6 Å². The molecule has 0 aromatic heterocycles. The third kappa shape index (κ3) is 3.44. The molecule has 17 heavy (non-hydrogen) atoms. The van der Waals surface area contributed by atoms with E-state index in [4.69, 9.17) is 11.6 Å². The zero-order valence-corrected chi connectivity index (χ0v) is 11.6. The summed E-state index contributed by atoms with van der Waals surface area (Å²) in [5.74, 6) is 0. The van der Waals surface area contributed by atoms with Gasteiger partial charge in [-0.25, -0.2) is 0 Å². The predicted molar refractivity (Wildman–Crippen MR) is 71.7 cm³/mol. The second kappa shape index (κ2) is 5.85. The second-order valence-corrected chi connectivity index (χ2v) is 5.75. The minimum atomic E-state index is 0.801. The molecule has 1 unspecified atom stereocenters. The summed E-state index contributed by atoms with van der Waals surface area (Å²) in [4.78, 5) is 3.28. The van der Waals surface area contributed by atoms with Gasteiger partial charge in [0.05, 0.1) is 33.2 Å². The molecule has 0 spiro atoms. The van der Waals surface area contributed by atoms with Gasteiger partial charge in [-0.15, -0.1) is 0 Å². The van der Waals surface area contributed by atoms with Gasteiger partial charge in [0.1, 0.15) is 6.54 Å². The first kappa shape index (κ1) is 12.9. The largest absolute Gasteiger partial charge is 0.337 e. The summed E-state index contributed by atoms with van der Waals surface area (Å²) in [5, 5.41) is 0.908. The number of hydrogen-bond donors (Lipinski definition) is 2. The Labute approximate surface area is 109 Å². The molecular weight excluding hydrogens is 232 g/mol. The van der Waals surface area contributed by atoms with Gasteiger partial charge in [-0.3, -0.25) is 0 Å². The Hall–Kier alpha value is -0.570. The lowest BCUT2D eigenvalue weighted by molar-refractivity contribution is -0.948. The molecular formula is C14H23ClN2+2. The molecule has 1 heterocycles. The highest BCUT2D eigenvalue weighted by molar-refractivity contribution is 6.31. The lowest BCUT2D eigenvalue weighted by Crippen LogP contribution is -3.17. The predicted octanol–water partition coefficient (Wildman–Crippen LogP) is 0.0318. The van der Waals surface area contributed by atoms with Crippen molar-refractivity contribution < 1.29 is 9.80 Å². The molecule has 2 rings (SSSR count). The van der Waals surface area contributed by atoms with Crippen LogP contribution < -0.4 is 9.80 Å². The van der Waals surface area contributed by atoms with Gasteiger partial charge in [0.25, 0.3) is 0 Å². The number of likely N-dealkylation sites (tertiary alicyclic amines) is 1. The summed E-state index contributed by atoms with van der Waals surface area (Å²) in [6.45, 7) is 3.67. The van der Waals surface area contributed by atoms with Crippen molar-refractivity contribution in [3.63, 3.8) is 0 Å². The summed E-state index contributed by atoms with van der Waals surface area (Å²) < 4.78 is 0. The molecule has 2 nitrogen and oxygen atoms in total. The van der Waals surface area contributed by atoms with Gasteiger partial charge in [-0.2, -0.15) is 0 Å². The Kier molecular flexibility index (Phi) is 4.43. The van der Waals surface area contributed by atoms with E-state index < -0.39 is 0 Å². The maximum atomic E-state index is 6.21. The van der Waals surface area contributed by atoms with Gasteiger partial charge >= 0.3 is 0 Å². The van der Waals surface area contributed by atoms with Crippen molar-refractivity contribution in [1.82, 2.24) is 0 Å². The highest BCUT2D eigenvalue weighted by atomic mass is 35.5. The van der Waals surface area contributed by atoms with Gasteiger partial charge in [0, 0.05) is 23.4 Å². The van der Waals surface area contributed by atoms with Crippen LogP contribution in [0, 0.1) is 0 Å². The monoisotopic (exact) mass is 254 g/mol. The fourth-order valence-corrected chi connectivity index (χ4v) is 2.89. The van der Waals surface area contributed by atoms with E-state index in [9.17, 15) is 0 Å². The molecule has 1 fully saturated rings. The van der Waals surface area contributed by atoms with Crippen LogP contribution in [-0.2, 0) is 6.54 Å². The van der Waals surface area contributed by atoms with Crippen molar-refractivity contribution in [2.75, 3.05) is 27.2 Å². The van der Waals surface area contributed by atoms with Crippen molar-refractivity contribution in [1.29, 1.82) is 0 Å². The number of nitrogens with one attached hydrogen (secondary N) is 2. The number of rotatable bonds is 3. The topological polar surface area (TPSA) is 8.88 Å². The highest BCUT2D eigenvalue weighted by Crippen LogP contribution is 2.13. The fourth-order valence-electron chi connectivity index (χ4n) is 2.69. The van der Waals surface area contributed by atoms with Crippen molar-refractivity contribution >= 4 is 11.6 Å². The van der Waals surface area contributed by atoms with Crippen molar-refractivity contribution in [2.24, 2.45) is 0 Å². The Morgan fingerprint density at radius 2 is 1.94 bits per heavy atom. The molecule has 0 radical (unpaired) electrons. The molecule has 2 N–H and O–H groups in total. The molecule has 0 bridgehead atoms. The molecule has 1 aromatic rings. The van der Waals surface area contributed by atoms with Crippen LogP contribution in [0.4, 0.5) is 0 Å². The lowest BCUT2D eigenvalue weighted by Gasteiger charge is -2.30. The Morgan fingerprint density at radius 1 is 1.29 bits per heavy atom. The molecule has 0 aliphatic carbocycles. The van der Waals surface area contributed by atoms with Crippen molar-refractivity contribution in [2.45, 2.75) is 25.4 Å². The third-order valence-electron chi connectivity index (χ3n) is 3.96. The highest BCUT2D eigenvalue weighted by Gasteiger charge is 2.26. The Balaban J connectivity index is 1.93. The standard InChI is InChI=1S/C14H21ClN2/c1-16-9-7-13(8-10-16)17(2)11-12-5-3-4-6-14(12)15/h3-6,13H,7-11H2,1-2H3/p+2. The van der Waals surface area contributed by atoms with E-state index >= 15 is 0 Å². The molecule has 0 amide bonds. The number of piperidine rings is 1. The van der Waals surface area contributed by atoms with Crippen molar-refractivity contribution in [3.8, 4) is 0 Å². The first-order valence-corrected chi connectivity index (χ1v) is 6.91.